The molecule has 1 aromatic heterocycles. The summed E-state index contributed by atoms with van der Waals surface area (Å²) in [5, 5.41) is 20.4. The van der Waals surface area contributed by atoms with Crippen molar-refractivity contribution in [2.75, 3.05) is 5.32 Å². The third kappa shape index (κ3) is 4.07. The lowest BCUT2D eigenvalue weighted by molar-refractivity contribution is -0.138. The van der Waals surface area contributed by atoms with Crippen LogP contribution < -0.4 is 5.32 Å². The van der Waals surface area contributed by atoms with E-state index in [4.69, 9.17) is 10.4 Å². The molecule has 0 aromatic carbocycles. The zero-order chi connectivity index (χ0) is 12.8. The van der Waals surface area contributed by atoms with E-state index < -0.39 is 12.0 Å². The van der Waals surface area contributed by atoms with Crippen LogP contribution in [0.5, 0.6) is 0 Å². The number of rotatable bonds is 5. The van der Waals surface area contributed by atoms with Crippen molar-refractivity contribution < 1.29 is 9.90 Å². The predicted molar refractivity (Wildman–Crippen MR) is 61.2 cm³/mol. The molecule has 0 aliphatic rings. The molecule has 0 amide bonds. The molecule has 1 atom stereocenters. The summed E-state index contributed by atoms with van der Waals surface area (Å²) in [6, 6.07) is 2.59. The van der Waals surface area contributed by atoms with Crippen molar-refractivity contribution in [1.82, 2.24) is 9.97 Å². The van der Waals surface area contributed by atoms with Crippen LogP contribution in [0, 0.1) is 17.2 Å². The van der Waals surface area contributed by atoms with Gasteiger partial charge in [0.25, 0.3) is 0 Å². The Morgan fingerprint density at radius 2 is 2.35 bits per heavy atom. The maximum absolute atomic E-state index is 11.0. The van der Waals surface area contributed by atoms with Crippen LogP contribution >= 0.6 is 0 Å². The molecule has 0 bridgehead atoms. The van der Waals surface area contributed by atoms with Crippen molar-refractivity contribution >= 4 is 11.9 Å². The Kier molecular flexibility index (Phi) is 4.40. The summed E-state index contributed by atoms with van der Waals surface area (Å²) in [4.78, 5) is 18.8. The number of carboxylic acids is 1. The van der Waals surface area contributed by atoms with Crippen LogP contribution in [0.4, 0.5) is 5.95 Å². The molecule has 1 rings (SSSR count). The average molecular weight is 234 g/mol. The number of hydrogen-bond donors (Lipinski definition) is 2. The molecular formula is C11H14N4O2. The van der Waals surface area contributed by atoms with E-state index in [9.17, 15) is 4.79 Å². The number of nitrogens with one attached hydrogen (secondary N) is 1. The number of carboxylic acid groups (broad SMARTS) is 1. The summed E-state index contributed by atoms with van der Waals surface area (Å²) in [6.07, 6.45) is 1.89. The monoisotopic (exact) mass is 234 g/mol. The second-order valence-electron chi connectivity index (χ2n) is 4.04. The normalized spacial score (nSPS) is 11.9. The molecule has 2 N–H and O–H groups in total. The highest BCUT2D eigenvalue weighted by Gasteiger charge is 2.19. The SMILES string of the molecule is CC(C)C[C@H](Nc1nccc(C#N)n1)C(=O)O. The van der Waals surface area contributed by atoms with E-state index in [2.05, 4.69) is 15.3 Å². The molecule has 6 nitrogen and oxygen atoms in total. The minimum absolute atomic E-state index is 0.164. The smallest absolute Gasteiger partial charge is 0.326 e. The maximum Gasteiger partial charge on any atom is 0.326 e. The fraction of sp³-hybridized carbons (Fsp3) is 0.455. The van der Waals surface area contributed by atoms with Crippen LogP contribution in [0.15, 0.2) is 12.3 Å². The number of aliphatic carboxylic acids is 1. The van der Waals surface area contributed by atoms with Crippen molar-refractivity contribution in [2.45, 2.75) is 26.3 Å². The van der Waals surface area contributed by atoms with Gasteiger partial charge in [0.05, 0.1) is 0 Å². The Labute approximate surface area is 99.3 Å². The van der Waals surface area contributed by atoms with Gasteiger partial charge in [0, 0.05) is 6.20 Å². The maximum atomic E-state index is 11.0. The van der Waals surface area contributed by atoms with Crippen molar-refractivity contribution in [3.8, 4) is 6.07 Å². The molecule has 0 unspecified atom stereocenters. The highest BCUT2D eigenvalue weighted by Crippen LogP contribution is 2.10. The van der Waals surface area contributed by atoms with E-state index in [0.29, 0.717) is 6.42 Å². The van der Waals surface area contributed by atoms with E-state index in [1.165, 1.54) is 12.3 Å². The Balaban J connectivity index is 2.79. The molecule has 90 valence electrons. The van der Waals surface area contributed by atoms with Crippen molar-refractivity contribution in [3.05, 3.63) is 18.0 Å². The van der Waals surface area contributed by atoms with Gasteiger partial charge in [-0.05, 0) is 18.4 Å². The second-order valence-corrected chi connectivity index (χ2v) is 4.04. The molecule has 0 aliphatic heterocycles. The van der Waals surface area contributed by atoms with E-state index in [-0.39, 0.29) is 17.6 Å². The lowest BCUT2D eigenvalue weighted by Gasteiger charge is -2.16. The first kappa shape index (κ1) is 12.9. The van der Waals surface area contributed by atoms with Gasteiger partial charge in [-0.3, -0.25) is 0 Å². The van der Waals surface area contributed by atoms with E-state index in [1.807, 2.05) is 19.9 Å². The Bertz CT molecular complexity index is 439. The van der Waals surface area contributed by atoms with Gasteiger partial charge in [-0.1, -0.05) is 13.8 Å². The van der Waals surface area contributed by atoms with Gasteiger partial charge in [0.1, 0.15) is 17.8 Å². The first-order valence-corrected chi connectivity index (χ1v) is 5.25. The van der Waals surface area contributed by atoms with Crippen molar-refractivity contribution in [1.29, 1.82) is 5.26 Å². The molecule has 0 saturated heterocycles. The summed E-state index contributed by atoms with van der Waals surface area (Å²) in [6.45, 7) is 3.87. The van der Waals surface area contributed by atoms with Crippen LogP contribution in [-0.4, -0.2) is 27.1 Å². The zero-order valence-electron chi connectivity index (χ0n) is 9.71. The van der Waals surface area contributed by atoms with Crippen molar-refractivity contribution in [3.63, 3.8) is 0 Å². The molecular weight excluding hydrogens is 220 g/mol. The Hall–Kier alpha value is -2.16. The Morgan fingerprint density at radius 1 is 1.65 bits per heavy atom. The van der Waals surface area contributed by atoms with E-state index >= 15 is 0 Å². The molecule has 6 heteroatoms. The fourth-order valence-corrected chi connectivity index (χ4v) is 1.34. The summed E-state index contributed by atoms with van der Waals surface area (Å²) < 4.78 is 0. The van der Waals surface area contributed by atoms with Gasteiger partial charge in [-0.2, -0.15) is 5.26 Å². The molecule has 1 heterocycles. The third-order valence-electron chi connectivity index (χ3n) is 2.08. The molecule has 0 fully saturated rings. The lowest BCUT2D eigenvalue weighted by atomic mass is 10.0. The number of nitrogens with zero attached hydrogens (tertiary/aromatic N) is 3. The summed E-state index contributed by atoms with van der Waals surface area (Å²) in [5.74, 6) is -0.551. The van der Waals surface area contributed by atoms with Gasteiger partial charge in [0.15, 0.2) is 0 Å². The van der Waals surface area contributed by atoms with Gasteiger partial charge in [-0.15, -0.1) is 0 Å². The molecule has 0 aliphatic carbocycles. The summed E-state index contributed by atoms with van der Waals surface area (Å²) in [5.41, 5.74) is 0.205. The summed E-state index contributed by atoms with van der Waals surface area (Å²) >= 11 is 0. The van der Waals surface area contributed by atoms with Crippen LogP contribution in [0.2, 0.25) is 0 Å². The molecule has 0 saturated carbocycles. The molecule has 0 spiro atoms. The van der Waals surface area contributed by atoms with Gasteiger partial charge in [-0.25, -0.2) is 14.8 Å². The topological polar surface area (TPSA) is 98.9 Å². The van der Waals surface area contributed by atoms with E-state index in [1.54, 1.807) is 0 Å². The van der Waals surface area contributed by atoms with Crippen LogP contribution in [0.3, 0.4) is 0 Å². The molecule has 1 aromatic rings. The van der Waals surface area contributed by atoms with Gasteiger partial charge >= 0.3 is 5.97 Å². The third-order valence-corrected chi connectivity index (χ3v) is 2.08. The number of hydrogen-bond acceptors (Lipinski definition) is 5. The molecule has 0 radical (unpaired) electrons. The van der Waals surface area contributed by atoms with E-state index in [0.717, 1.165) is 0 Å². The first-order chi connectivity index (χ1) is 8.02. The van der Waals surface area contributed by atoms with Gasteiger partial charge in [0.2, 0.25) is 5.95 Å². The highest BCUT2D eigenvalue weighted by atomic mass is 16.4. The Morgan fingerprint density at radius 3 is 2.88 bits per heavy atom. The standard InChI is InChI=1S/C11H14N4O2/c1-7(2)5-9(10(16)17)15-11-13-4-3-8(6-12)14-11/h3-4,7,9H,5H2,1-2H3,(H,16,17)(H,13,14,15)/t9-/m0/s1. The minimum atomic E-state index is -0.954. The lowest BCUT2D eigenvalue weighted by Crippen LogP contribution is -2.31. The number of carbonyl (C=O) groups is 1. The van der Waals surface area contributed by atoms with Crippen molar-refractivity contribution in [2.24, 2.45) is 5.92 Å². The summed E-state index contributed by atoms with van der Waals surface area (Å²) in [7, 11) is 0. The average Bonchev–Trinajstić information content (AvgIpc) is 2.27. The molecule has 17 heavy (non-hydrogen) atoms. The first-order valence-electron chi connectivity index (χ1n) is 5.25. The fourth-order valence-electron chi connectivity index (χ4n) is 1.34. The van der Waals surface area contributed by atoms with Crippen LogP contribution in [0.1, 0.15) is 26.0 Å². The zero-order valence-corrected chi connectivity index (χ0v) is 9.71. The largest absolute Gasteiger partial charge is 0.480 e. The van der Waals surface area contributed by atoms with Crippen LogP contribution in [-0.2, 0) is 4.79 Å². The van der Waals surface area contributed by atoms with Gasteiger partial charge < -0.3 is 10.4 Å². The quantitative estimate of drug-likeness (QED) is 0.795. The highest BCUT2D eigenvalue weighted by molar-refractivity contribution is 5.76. The second kappa shape index (κ2) is 5.80. The predicted octanol–water partition coefficient (Wildman–Crippen LogP) is 1.26. The number of anilines is 1. The number of nitriles is 1. The van der Waals surface area contributed by atoms with Crippen LogP contribution in [0.25, 0.3) is 0 Å². The number of aromatic nitrogens is 2. The minimum Gasteiger partial charge on any atom is -0.480 e.